The second-order valence-corrected chi connectivity index (χ2v) is 5.01. The number of ether oxygens (including phenoxy) is 1. The fourth-order valence-electron chi connectivity index (χ4n) is 1.53. The Bertz CT molecular complexity index is 386. The molecule has 0 spiro atoms. The van der Waals surface area contributed by atoms with Crippen LogP contribution in [0.3, 0.4) is 0 Å². The molecule has 3 nitrogen and oxygen atoms in total. The molecule has 1 aromatic carbocycles. The molecule has 0 aliphatic heterocycles. The molecule has 0 fully saturated rings. The molecule has 1 N–H and O–H groups in total. The van der Waals surface area contributed by atoms with Crippen molar-refractivity contribution in [2.24, 2.45) is 0 Å². The van der Waals surface area contributed by atoms with E-state index in [1.54, 1.807) is 6.07 Å². The molecule has 17 heavy (non-hydrogen) atoms. The first-order valence-electron chi connectivity index (χ1n) is 5.99. The summed E-state index contributed by atoms with van der Waals surface area (Å²) in [5.74, 6) is 1.51. The molecule has 0 aliphatic rings. The highest BCUT2D eigenvalue weighted by atomic mass is 16.5. The normalized spacial score (nSPS) is 13.2. The van der Waals surface area contributed by atoms with Crippen LogP contribution >= 0.6 is 0 Å². The van der Waals surface area contributed by atoms with Crippen molar-refractivity contribution in [2.75, 3.05) is 14.1 Å². The van der Waals surface area contributed by atoms with E-state index in [2.05, 4.69) is 13.8 Å². The molecule has 0 saturated heterocycles. The Kier molecular flexibility index (Phi) is 4.40. The number of benzene rings is 1. The molecule has 1 unspecified atom stereocenters. The monoisotopic (exact) mass is 237 g/mol. The molecular formula is C14H23NO2. The van der Waals surface area contributed by atoms with Crippen LogP contribution in [0.4, 0.5) is 0 Å². The highest BCUT2D eigenvalue weighted by molar-refractivity contribution is 5.46. The van der Waals surface area contributed by atoms with Gasteiger partial charge < -0.3 is 9.84 Å². The largest absolute Gasteiger partial charge is 0.508 e. The lowest BCUT2D eigenvalue weighted by Gasteiger charge is -2.24. The number of hydrogen-bond acceptors (Lipinski definition) is 3. The van der Waals surface area contributed by atoms with Crippen molar-refractivity contribution < 1.29 is 9.84 Å². The van der Waals surface area contributed by atoms with Gasteiger partial charge >= 0.3 is 0 Å². The van der Waals surface area contributed by atoms with Crippen LogP contribution in [0.1, 0.15) is 37.8 Å². The van der Waals surface area contributed by atoms with Crippen LogP contribution in [0.25, 0.3) is 0 Å². The number of hydrogen-bond donors (Lipinski definition) is 1. The predicted octanol–water partition coefficient (Wildman–Crippen LogP) is 3.11. The predicted molar refractivity (Wildman–Crippen MR) is 70.7 cm³/mol. The van der Waals surface area contributed by atoms with Gasteiger partial charge in [-0.3, -0.25) is 4.90 Å². The molecule has 1 aromatic rings. The summed E-state index contributed by atoms with van der Waals surface area (Å²) >= 11 is 0. The fourth-order valence-corrected chi connectivity index (χ4v) is 1.53. The van der Waals surface area contributed by atoms with Crippen LogP contribution in [0, 0.1) is 6.92 Å². The Morgan fingerprint density at radius 2 is 1.76 bits per heavy atom. The minimum absolute atomic E-state index is 0.0106. The summed E-state index contributed by atoms with van der Waals surface area (Å²) in [4.78, 5) is 2.01. The van der Waals surface area contributed by atoms with Crippen LogP contribution in [-0.2, 0) is 0 Å². The summed E-state index contributed by atoms with van der Waals surface area (Å²) in [6, 6.07) is 3.71. The lowest BCUT2D eigenvalue weighted by Crippen LogP contribution is -2.30. The van der Waals surface area contributed by atoms with E-state index in [1.165, 1.54) is 0 Å². The van der Waals surface area contributed by atoms with E-state index >= 15 is 0 Å². The third-order valence-electron chi connectivity index (χ3n) is 2.98. The third-order valence-corrected chi connectivity index (χ3v) is 2.98. The molecule has 0 aliphatic carbocycles. The van der Waals surface area contributed by atoms with Crippen molar-refractivity contribution in [3.63, 3.8) is 0 Å². The van der Waals surface area contributed by atoms with Gasteiger partial charge in [0.15, 0.2) is 0 Å². The quantitative estimate of drug-likeness (QED) is 0.817. The molecular weight excluding hydrogens is 214 g/mol. The van der Waals surface area contributed by atoms with Gasteiger partial charge in [0, 0.05) is 5.56 Å². The first-order valence-corrected chi connectivity index (χ1v) is 5.99. The Hall–Kier alpha value is -1.22. The summed E-state index contributed by atoms with van der Waals surface area (Å²) in [7, 11) is 3.96. The van der Waals surface area contributed by atoms with Crippen molar-refractivity contribution >= 4 is 0 Å². The highest BCUT2D eigenvalue weighted by Crippen LogP contribution is 2.33. The average molecular weight is 237 g/mol. The first-order chi connectivity index (χ1) is 7.82. The fraction of sp³-hybridized carbons (Fsp3) is 0.571. The van der Waals surface area contributed by atoms with Crippen LogP contribution in [0.5, 0.6) is 11.5 Å². The zero-order chi connectivity index (χ0) is 13.2. The van der Waals surface area contributed by atoms with Crippen molar-refractivity contribution in [1.82, 2.24) is 4.90 Å². The molecule has 0 saturated carbocycles. The maximum Gasteiger partial charge on any atom is 0.149 e. The molecule has 0 amide bonds. The van der Waals surface area contributed by atoms with Crippen LogP contribution in [0.2, 0.25) is 0 Å². The van der Waals surface area contributed by atoms with E-state index in [-0.39, 0.29) is 6.23 Å². The molecule has 1 rings (SSSR count). The number of rotatable bonds is 4. The number of phenolic OH excluding ortho intramolecular Hbond substituents is 1. The van der Waals surface area contributed by atoms with Crippen molar-refractivity contribution in [2.45, 2.75) is 39.8 Å². The minimum Gasteiger partial charge on any atom is -0.508 e. The van der Waals surface area contributed by atoms with Gasteiger partial charge in [0.1, 0.15) is 17.7 Å². The molecule has 0 heterocycles. The molecule has 3 heteroatoms. The van der Waals surface area contributed by atoms with Gasteiger partial charge in [0.25, 0.3) is 0 Å². The van der Waals surface area contributed by atoms with Gasteiger partial charge in [-0.05, 0) is 51.6 Å². The molecule has 0 radical (unpaired) electrons. The number of aromatic hydroxyl groups is 1. The Labute approximate surface area is 104 Å². The summed E-state index contributed by atoms with van der Waals surface area (Å²) in [6.45, 7) is 8.08. The van der Waals surface area contributed by atoms with Crippen molar-refractivity contribution in [3.8, 4) is 11.5 Å². The summed E-state index contributed by atoms with van der Waals surface area (Å²) in [5, 5.41) is 9.75. The maximum atomic E-state index is 9.75. The number of aryl methyl sites for hydroxylation is 1. The standard InChI is InChI=1S/C14H23NO2/c1-9(2)12-8-13(16)10(3)7-14(12)17-11(4)15(5)6/h7-9,11,16H,1-6H3. The van der Waals surface area contributed by atoms with Crippen molar-refractivity contribution in [1.29, 1.82) is 0 Å². The van der Waals surface area contributed by atoms with E-state index in [1.807, 2.05) is 38.9 Å². The minimum atomic E-state index is 0.0106. The second-order valence-electron chi connectivity index (χ2n) is 5.01. The van der Waals surface area contributed by atoms with E-state index < -0.39 is 0 Å². The Morgan fingerprint density at radius 1 is 1.18 bits per heavy atom. The SMILES string of the molecule is Cc1cc(OC(C)N(C)C)c(C(C)C)cc1O. The van der Waals surface area contributed by atoms with Crippen LogP contribution in [-0.4, -0.2) is 30.3 Å². The van der Waals surface area contributed by atoms with Gasteiger partial charge in [0.2, 0.25) is 0 Å². The van der Waals surface area contributed by atoms with Gasteiger partial charge in [-0.15, -0.1) is 0 Å². The summed E-state index contributed by atoms with van der Waals surface area (Å²) in [6.07, 6.45) is 0.0106. The summed E-state index contributed by atoms with van der Waals surface area (Å²) in [5.41, 5.74) is 1.89. The van der Waals surface area contributed by atoms with Gasteiger partial charge in [-0.25, -0.2) is 0 Å². The van der Waals surface area contributed by atoms with Gasteiger partial charge in [-0.1, -0.05) is 13.8 Å². The van der Waals surface area contributed by atoms with Crippen LogP contribution in [0.15, 0.2) is 12.1 Å². The molecule has 0 aromatic heterocycles. The highest BCUT2D eigenvalue weighted by Gasteiger charge is 2.14. The van der Waals surface area contributed by atoms with Crippen molar-refractivity contribution in [3.05, 3.63) is 23.3 Å². The third kappa shape index (κ3) is 3.37. The second kappa shape index (κ2) is 5.41. The first kappa shape index (κ1) is 13.8. The van der Waals surface area contributed by atoms with Crippen LogP contribution < -0.4 is 4.74 Å². The molecule has 96 valence electrons. The van der Waals surface area contributed by atoms with E-state index in [9.17, 15) is 5.11 Å². The van der Waals surface area contributed by atoms with E-state index in [0.717, 1.165) is 16.9 Å². The summed E-state index contributed by atoms with van der Waals surface area (Å²) < 4.78 is 5.92. The van der Waals surface area contributed by atoms with Gasteiger partial charge in [-0.2, -0.15) is 0 Å². The van der Waals surface area contributed by atoms with E-state index in [4.69, 9.17) is 4.74 Å². The lowest BCUT2D eigenvalue weighted by molar-refractivity contribution is 0.0801. The zero-order valence-corrected chi connectivity index (χ0v) is 11.6. The topological polar surface area (TPSA) is 32.7 Å². The maximum absolute atomic E-state index is 9.75. The van der Waals surface area contributed by atoms with Gasteiger partial charge in [0.05, 0.1) is 0 Å². The Balaban J connectivity index is 3.08. The average Bonchev–Trinajstić information content (AvgIpc) is 2.22. The van der Waals surface area contributed by atoms with E-state index in [0.29, 0.717) is 11.7 Å². The smallest absolute Gasteiger partial charge is 0.149 e. The number of nitrogens with zero attached hydrogens (tertiary/aromatic N) is 1. The molecule has 0 bridgehead atoms. The Morgan fingerprint density at radius 3 is 2.24 bits per heavy atom. The lowest BCUT2D eigenvalue weighted by atomic mass is 10.00. The molecule has 1 atom stereocenters. The number of phenols is 1. The zero-order valence-electron chi connectivity index (χ0n) is 11.6.